The van der Waals surface area contributed by atoms with Gasteiger partial charge < -0.3 is 11.1 Å². The maximum absolute atomic E-state index is 12.1. The number of nitrogens with two attached hydrogens (primary N) is 1. The van der Waals surface area contributed by atoms with Gasteiger partial charge in [-0.3, -0.25) is 9.59 Å². The van der Waals surface area contributed by atoms with Crippen molar-refractivity contribution in [3.8, 4) is 0 Å². The third-order valence-corrected chi connectivity index (χ3v) is 4.22. The summed E-state index contributed by atoms with van der Waals surface area (Å²) in [5.41, 5.74) is 5.13. The first kappa shape index (κ1) is 15.9. The highest BCUT2D eigenvalue weighted by atomic mass is 35.5. The van der Waals surface area contributed by atoms with Gasteiger partial charge in [0, 0.05) is 10.8 Å². The fourth-order valence-electron chi connectivity index (χ4n) is 1.20. The summed E-state index contributed by atoms with van der Waals surface area (Å²) in [6, 6.07) is 7.27. The van der Waals surface area contributed by atoms with E-state index in [9.17, 15) is 9.59 Å². The van der Waals surface area contributed by atoms with E-state index in [2.05, 4.69) is 5.32 Å². The number of halogens is 1. The smallest absolute Gasteiger partial charge is 0.231 e. The third kappa shape index (κ3) is 4.76. The molecule has 0 aliphatic carbocycles. The van der Waals surface area contributed by atoms with Gasteiger partial charge in [-0.1, -0.05) is 12.1 Å². The van der Waals surface area contributed by atoms with Crippen molar-refractivity contribution >= 4 is 40.9 Å². The van der Waals surface area contributed by atoms with E-state index in [1.165, 1.54) is 11.8 Å². The first-order valence-corrected chi connectivity index (χ1v) is 7.26. The number of carbonyl (C=O) groups excluding carboxylic acids is 2. The molecule has 6 heteroatoms. The van der Waals surface area contributed by atoms with Gasteiger partial charge >= 0.3 is 0 Å². The molecular formula is C13H17ClN2O2S. The summed E-state index contributed by atoms with van der Waals surface area (Å²) in [5, 5.41) is 2.83. The number of thioether (sulfide) groups is 1. The van der Waals surface area contributed by atoms with Crippen molar-refractivity contribution < 1.29 is 9.59 Å². The molecule has 2 amide bonds. The number of para-hydroxylation sites is 1. The molecule has 1 aromatic rings. The Morgan fingerprint density at radius 1 is 1.37 bits per heavy atom. The van der Waals surface area contributed by atoms with Crippen LogP contribution in [-0.4, -0.2) is 23.4 Å². The molecule has 0 spiro atoms. The average Bonchev–Trinajstić information content (AvgIpc) is 2.37. The van der Waals surface area contributed by atoms with Crippen LogP contribution in [0, 0.1) is 5.41 Å². The topological polar surface area (TPSA) is 72.2 Å². The van der Waals surface area contributed by atoms with Crippen LogP contribution in [0.15, 0.2) is 29.2 Å². The zero-order chi connectivity index (χ0) is 14.5. The van der Waals surface area contributed by atoms with Gasteiger partial charge in [0.25, 0.3) is 0 Å². The molecule has 19 heavy (non-hydrogen) atoms. The Balaban J connectivity index is 2.83. The summed E-state index contributed by atoms with van der Waals surface area (Å²) in [4.78, 5) is 23.7. The van der Waals surface area contributed by atoms with Crippen LogP contribution in [0.25, 0.3) is 0 Å². The minimum Gasteiger partial charge on any atom is -0.369 e. The summed E-state index contributed by atoms with van der Waals surface area (Å²) in [6.45, 7) is 3.54. The van der Waals surface area contributed by atoms with Gasteiger partial charge in [-0.25, -0.2) is 0 Å². The Labute approximate surface area is 122 Å². The van der Waals surface area contributed by atoms with Crippen molar-refractivity contribution in [2.45, 2.75) is 18.7 Å². The standard InChI is InChI=1S/C13H17ClN2O2S/c1-13(2,8-14)12(18)16-9-5-3-4-6-10(9)19-7-11(15)17/h3-6H,7-8H2,1-2H3,(H2,15,17)(H,16,18). The van der Waals surface area contributed by atoms with Crippen LogP contribution in [0.3, 0.4) is 0 Å². The molecule has 104 valence electrons. The number of hydrogen-bond donors (Lipinski definition) is 2. The highest BCUT2D eigenvalue weighted by molar-refractivity contribution is 8.00. The summed E-state index contributed by atoms with van der Waals surface area (Å²) >= 11 is 7.06. The third-order valence-electron chi connectivity index (χ3n) is 2.45. The van der Waals surface area contributed by atoms with Crippen LogP contribution >= 0.6 is 23.4 Å². The number of carbonyl (C=O) groups is 2. The van der Waals surface area contributed by atoms with Crippen LogP contribution in [0.5, 0.6) is 0 Å². The second kappa shape index (κ2) is 6.82. The SMILES string of the molecule is CC(C)(CCl)C(=O)Nc1ccccc1SCC(N)=O. The Morgan fingerprint density at radius 2 is 2.00 bits per heavy atom. The molecule has 0 saturated carbocycles. The molecule has 3 N–H and O–H groups in total. The number of alkyl halides is 1. The number of rotatable bonds is 6. The summed E-state index contributed by atoms with van der Waals surface area (Å²) in [6.07, 6.45) is 0. The van der Waals surface area contributed by atoms with Gasteiger partial charge in [-0.2, -0.15) is 0 Å². The van der Waals surface area contributed by atoms with Gasteiger partial charge in [0.05, 0.1) is 16.9 Å². The molecule has 0 heterocycles. The fourth-order valence-corrected chi connectivity index (χ4v) is 2.07. The number of amides is 2. The summed E-state index contributed by atoms with van der Waals surface area (Å²) in [5.74, 6) is -0.150. The Hall–Kier alpha value is -1.20. The molecule has 4 nitrogen and oxygen atoms in total. The van der Waals surface area contributed by atoms with Gasteiger partial charge in [0.2, 0.25) is 11.8 Å². The van der Waals surface area contributed by atoms with Crippen molar-refractivity contribution in [2.75, 3.05) is 16.9 Å². The van der Waals surface area contributed by atoms with Crippen LogP contribution < -0.4 is 11.1 Å². The maximum atomic E-state index is 12.1. The van der Waals surface area contributed by atoms with E-state index in [1.54, 1.807) is 19.9 Å². The largest absolute Gasteiger partial charge is 0.369 e. The van der Waals surface area contributed by atoms with Crippen LogP contribution in [0.4, 0.5) is 5.69 Å². The monoisotopic (exact) mass is 300 g/mol. The highest BCUT2D eigenvalue weighted by Gasteiger charge is 2.27. The lowest BCUT2D eigenvalue weighted by Gasteiger charge is -2.21. The predicted octanol–water partition coefficient (Wildman–Crippen LogP) is 2.47. The number of benzene rings is 1. The van der Waals surface area contributed by atoms with Gasteiger partial charge in [0.15, 0.2) is 0 Å². The molecular weight excluding hydrogens is 284 g/mol. The second-order valence-electron chi connectivity index (χ2n) is 4.72. The van der Waals surface area contributed by atoms with Crippen LogP contribution in [-0.2, 0) is 9.59 Å². The van der Waals surface area contributed by atoms with E-state index in [0.29, 0.717) is 5.69 Å². The Bertz CT molecular complexity index is 477. The Kier molecular flexibility index (Phi) is 5.69. The lowest BCUT2D eigenvalue weighted by molar-refractivity contribution is -0.123. The zero-order valence-corrected chi connectivity index (χ0v) is 12.5. The minimum absolute atomic E-state index is 0.158. The van der Waals surface area contributed by atoms with Crippen molar-refractivity contribution in [3.63, 3.8) is 0 Å². The Morgan fingerprint density at radius 3 is 2.58 bits per heavy atom. The molecule has 0 saturated heterocycles. The number of nitrogens with one attached hydrogen (secondary N) is 1. The molecule has 0 aliphatic rings. The molecule has 0 radical (unpaired) electrons. The number of anilines is 1. The van der Waals surface area contributed by atoms with E-state index >= 15 is 0 Å². The number of hydrogen-bond acceptors (Lipinski definition) is 3. The lowest BCUT2D eigenvalue weighted by atomic mass is 9.95. The van der Waals surface area contributed by atoms with Crippen LogP contribution in [0.1, 0.15) is 13.8 Å². The average molecular weight is 301 g/mol. The first-order valence-electron chi connectivity index (χ1n) is 5.74. The lowest BCUT2D eigenvalue weighted by Crippen LogP contribution is -2.32. The first-order chi connectivity index (χ1) is 8.86. The molecule has 0 atom stereocenters. The fraction of sp³-hybridized carbons (Fsp3) is 0.385. The van der Waals surface area contributed by atoms with Crippen molar-refractivity contribution in [2.24, 2.45) is 11.1 Å². The van der Waals surface area contributed by atoms with E-state index in [4.69, 9.17) is 17.3 Å². The highest BCUT2D eigenvalue weighted by Crippen LogP contribution is 2.28. The van der Waals surface area contributed by atoms with E-state index in [1.807, 2.05) is 18.2 Å². The molecule has 0 unspecified atom stereocenters. The summed E-state index contributed by atoms with van der Waals surface area (Å²) in [7, 11) is 0. The van der Waals surface area contributed by atoms with Gasteiger partial charge in [-0.05, 0) is 26.0 Å². The van der Waals surface area contributed by atoms with Crippen molar-refractivity contribution in [1.29, 1.82) is 0 Å². The molecule has 0 aromatic heterocycles. The van der Waals surface area contributed by atoms with Crippen LogP contribution in [0.2, 0.25) is 0 Å². The maximum Gasteiger partial charge on any atom is 0.231 e. The molecule has 1 aromatic carbocycles. The normalized spacial score (nSPS) is 11.1. The second-order valence-corrected chi connectivity index (χ2v) is 6.01. The zero-order valence-electron chi connectivity index (χ0n) is 10.9. The van der Waals surface area contributed by atoms with Gasteiger partial charge in [-0.15, -0.1) is 23.4 Å². The van der Waals surface area contributed by atoms with E-state index in [0.717, 1.165) is 4.90 Å². The molecule has 0 bridgehead atoms. The van der Waals surface area contributed by atoms with E-state index < -0.39 is 11.3 Å². The van der Waals surface area contributed by atoms with Crippen molar-refractivity contribution in [3.05, 3.63) is 24.3 Å². The molecule has 0 aliphatic heterocycles. The molecule has 1 rings (SSSR count). The van der Waals surface area contributed by atoms with Crippen molar-refractivity contribution in [1.82, 2.24) is 0 Å². The predicted molar refractivity (Wildman–Crippen MR) is 79.5 cm³/mol. The summed E-state index contributed by atoms with van der Waals surface area (Å²) < 4.78 is 0. The van der Waals surface area contributed by atoms with E-state index in [-0.39, 0.29) is 17.5 Å². The quantitative estimate of drug-likeness (QED) is 0.626. The molecule has 0 fully saturated rings. The minimum atomic E-state index is -0.650. The number of primary amides is 1. The van der Waals surface area contributed by atoms with Gasteiger partial charge in [0.1, 0.15) is 0 Å².